The van der Waals surface area contributed by atoms with Crippen LogP contribution in [-0.4, -0.2) is 34.2 Å². The van der Waals surface area contributed by atoms with Crippen LogP contribution in [0.2, 0.25) is 0 Å². The van der Waals surface area contributed by atoms with Crippen LogP contribution in [0.25, 0.3) is 0 Å². The molecule has 0 saturated heterocycles. The monoisotopic (exact) mass is 279 g/mol. The Bertz CT molecular complexity index is 466. The Kier molecular flexibility index (Phi) is 4.46. The van der Waals surface area contributed by atoms with Gasteiger partial charge in [0.05, 0.1) is 11.3 Å². The number of hydrogen-bond acceptors (Lipinski definition) is 6. The van der Waals surface area contributed by atoms with Crippen LogP contribution in [0.1, 0.15) is 13.3 Å². The van der Waals surface area contributed by atoms with Crippen LogP contribution >= 0.6 is 0 Å². The molecular weight excluding hydrogens is 267 g/mol. The first-order valence-electron chi connectivity index (χ1n) is 5.25. The van der Waals surface area contributed by atoms with Gasteiger partial charge in [-0.05, 0) is 6.92 Å². The molecule has 0 aliphatic heterocycles. The minimum absolute atomic E-state index is 0.0679. The van der Waals surface area contributed by atoms with Gasteiger partial charge in [0.25, 0.3) is 0 Å². The summed E-state index contributed by atoms with van der Waals surface area (Å²) in [6.07, 6.45) is -4.45. The first kappa shape index (κ1) is 14.9. The van der Waals surface area contributed by atoms with Crippen LogP contribution in [0.4, 0.5) is 30.5 Å². The molecule has 106 valence electrons. The molecule has 0 fully saturated rings. The van der Waals surface area contributed by atoms with Crippen molar-refractivity contribution >= 4 is 17.3 Å². The number of hydrogen-bond donors (Lipinski definition) is 2. The van der Waals surface area contributed by atoms with Crippen molar-refractivity contribution in [3.05, 3.63) is 16.4 Å². The topological polar surface area (TPSA) is 93.0 Å². The summed E-state index contributed by atoms with van der Waals surface area (Å²) < 4.78 is 36.6. The molecule has 0 radical (unpaired) electrons. The van der Waals surface area contributed by atoms with Gasteiger partial charge in [0, 0.05) is 13.1 Å². The fraction of sp³-hybridized carbons (Fsp3) is 0.556. The second-order valence-electron chi connectivity index (χ2n) is 3.79. The first-order chi connectivity index (χ1) is 8.74. The first-order valence-corrected chi connectivity index (χ1v) is 5.25. The van der Waals surface area contributed by atoms with Crippen molar-refractivity contribution < 1.29 is 18.1 Å². The summed E-state index contributed by atoms with van der Waals surface area (Å²) in [5.41, 5.74) is -0.487. The number of halogens is 3. The molecule has 0 amide bonds. The summed E-state index contributed by atoms with van der Waals surface area (Å²) in [6, 6.07) is -1.04. The maximum Gasteiger partial charge on any atom is 0.391 e. The highest BCUT2D eigenvalue weighted by Crippen LogP contribution is 2.30. The average Bonchev–Trinajstić information content (AvgIpc) is 2.25. The zero-order valence-corrected chi connectivity index (χ0v) is 10.2. The molecule has 1 rings (SSSR count). The second-order valence-corrected chi connectivity index (χ2v) is 3.79. The van der Waals surface area contributed by atoms with Gasteiger partial charge >= 0.3 is 11.9 Å². The van der Waals surface area contributed by atoms with Crippen molar-refractivity contribution in [2.75, 3.05) is 17.7 Å². The molecule has 1 aromatic rings. The number of nitrogens with one attached hydrogen (secondary N) is 2. The SMILES string of the molecule is CNc1ncnc(NC(C)CC(F)(F)F)c1[N+](=O)[O-]. The molecule has 1 aromatic heterocycles. The third-order valence-electron chi connectivity index (χ3n) is 2.16. The lowest BCUT2D eigenvalue weighted by Crippen LogP contribution is -2.25. The number of nitrogens with zero attached hydrogens (tertiary/aromatic N) is 3. The van der Waals surface area contributed by atoms with E-state index in [0.717, 1.165) is 6.33 Å². The quantitative estimate of drug-likeness (QED) is 0.634. The van der Waals surface area contributed by atoms with Gasteiger partial charge in [0.15, 0.2) is 0 Å². The predicted molar refractivity (Wildman–Crippen MR) is 62.0 cm³/mol. The Morgan fingerprint density at radius 1 is 1.42 bits per heavy atom. The number of anilines is 2. The van der Waals surface area contributed by atoms with Gasteiger partial charge in [-0.15, -0.1) is 0 Å². The van der Waals surface area contributed by atoms with E-state index in [1.165, 1.54) is 14.0 Å². The lowest BCUT2D eigenvalue weighted by atomic mass is 10.2. The van der Waals surface area contributed by atoms with Gasteiger partial charge in [-0.3, -0.25) is 10.1 Å². The van der Waals surface area contributed by atoms with E-state index in [1.54, 1.807) is 0 Å². The lowest BCUT2D eigenvalue weighted by molar-refractivity contribution is -0.383. The minimum Gasteiger partial charge on any atom is -0.367 e. The van der Waals surface area contributed by atoms with Crippen molar-refractivity contribution in [1.29, 1.82) is 0 Å². The van der Waals surface area contributed by atoms with E-state index in [4.69, 9.17) is 0 Å². The van der Waals surface area contributed by atoms with Crippen molar-refractivity contribution in [3.63, 3.8) is 0 Å². The summed E-state index contributed by atoms with van der Waals surface area (Å²) in [6.45, 7) is 1.26. The van der Waals surface area contributed by atoms with Crippen LogP contribution in [0.5, 0.6) is 0 Å². The molecule has 1 atom stereocenters. The van der Waals surface area contributed by atoms with Crippen molar-refractivity contribution in [2.24, 2.45) is 0 Å². The van der Waals surface area contributed by atoms with Crippen LogP contribution < -0.4 is 10.6 Å². The molecule has 0 saturated carbocycles. The number of rotatable bonds is 5. The third kappa shape index (κ3) is 4.23. The Morgan fingerprint density at radius 3 is 2.47 bits per heavy atom. The second kappa shape index (κ2) is 5.67. The van der Waals surface area contributed by atoms with Gasteiger partial charge in [-0.2, -0.15) is 13.2 Å². The molecule has 0 aliphatic carbocycles. The summed E-state index contributed by atoms with van der Waals surface area (Å²) in [4.78, 5) is 17.4. The van der Waals surface area contributed by atoms with E-state index in [2.05, 4.69) is 20.6 Å². The summed E-state index contributed by atoms with van der Waals surface area (Å²) in [5, 5.41) is 15.7. The van der Waals surface area contributed by atoms with Gasteiger partial charge in [-0.25, -0.2) is 9.97 Å². The highest BCUT2D eigenvalue weighted by atomic mass is 19.4. The zero-order valence-electron chi connectivity index (χ0n) is 10.2. The predicted octanol–water partition coefficient (Wildman–Crippen LogP) is 2.18. The number of aromatic nitrogens is 2. The molecule has 1 unspecified atom stereocenters. The fourth-order valence-electron chi connectivity index (χ4n) is 1.47. The van der Waals surface area contributed by atoms with Crippen molar-refractivity contribution in [3.8, 4) is 0 Å². The van der Waals surface area contributed by atoms with Gasteiger partial charge in [-0.1, -0.05) is 0 Å². The smallest absolute Gasteiger partial charge is 0.367 e. The van der Waals surface area contributed by atoms with Crippen molar-refractivity contribution in [1.82, 2.24) is 9.97 Å². The highest BCUT2D eigenvalue weighted by molar-refractivity contribution is 5.69. The lowest BCUT2D eigenvalue weighted by Gasteiger charge is -2.16. The highest BCUT2D eigenvalue weighted by Gasteiger charge is 2.31. The average molecular weight is 279 g/mol. The number of nitro groups is 1. The molecule has 19 heavy (non-hydrogen) atoms. The van der Waals surface area contributed by atoms with E-state index >= 15 is 0 Å². The molecule has 0 bridgehead atoms. The summed E-state index contributed by atoms with van der Waals surface area (Å²) >= 11 is 0. The molecule has 2 N–H and O–H groups in total. The molecule has 1 heterocycles. The van der Waals surface area contributed by atoms with E-state index in [0.29, 0.717) is 0 Å². The Labute approximate surface area is 106 Å². The van der Waals surface area contributed by atoms with Crippen LogP contribution in [0, 0.1) is 10.1 Å². The van der Waals surface area contributed by atoms with Gasteiger partial charge in [0.2, 0.25) is 11.6 Å². The Morgan fingerprint density at radius 2 is 2.00 bits per heavy atom. The van der Waals surface area contributed by atoms with Crippen LogP contribution in [0.3, 0.4) is 0 Å². The Balaban J connectivity index is 2.98. The standard InChI is InChI=1S/C9H12F3N5O2/c1-5(3-9(10,11)12)16-8-6(17(18)19)7(13-2)14-4-15-8/h4-5H,3H2,1-2H3,(H2,13,14,15,16). The fourth-order valence-corrected chi connectivity index (χ4v) is 1.47. The van der Waals surface area contributed by atoms with E-state index in [1.807, 2.05) is 0 Å². The molecule has 0 aromatic carbocycles. The summed E-state index contributed by atoms with van der Waals surface area (Å²) in [5.74, 6) is -0.317. The van der Waals surface area contributed by atoms with Crippen LogP contribution in [-0.2, 0) is 0 Å². The minimum atomic E-state index is -4.36. The molecule has 7 nitrogen and oxygen atoms in total. The van der Waals surface area contributed by atoms with Gasteiger partial charge < -0.3 is 10.6 Å². The largest absolute Gasteiger partial charge is 0.391 e. The summed E-state index contributed by atoms with van der Waals surface area (Å²) in [7, 11) is 1.41. The van der Waals surface area contributed by atoms with E-state index in [9.17, 15) is 23.3 Å². The molecule has 0 aliphatic rings. The molecular formula is C9H12F3N5O2. The molecule has 10 heteroatoms. The third-order valence-corrected chi connectivity index (χ3v) is 2.16. The number of alkyl halides is 3. The van der Waals surface area contributed by atoms with Gasteiger partial charge in [0.1, 0.15) is 6.33 Å². The van der Waals surface area contributed by atoms with E-state index < -0.39 is 29.2 Å². The normalized spacial score (nSPS) is 12.9. The zero-order chi connectivity index (χ0) is 14.6. The van der Waals surface area contributed by atoms with Crippen LogP contribution in [0.15, 0.2) is 6.33 Å². The molecule has 0 spiro atoms. The van der Waals surface area contributed by atoms with E-state index in [-0.39, 0.29) is 11.6 Å². The maximum absolute atomic E-state index is 12.2. The Hall–Kier alpha value is -2.13. The maximum atomic E-state index is 12.2. The van der Waals surface area contributed by atoms with Crippen molar-refractivity contribution in [2.45, 2.75) is 25.6 Å².